The number of nitrogens with two attached hydrogens (primary N) is 1. The third-order valence-electron chi connectivity index (χ3n) is 3.49. The Hall–Kier alpha value is -0.780. The Morgan fingerprint density at radius 1 is 1.33 bits per heavy atom. The highest BCUT2D eigenvalue weighted by molar-refractivity contribution is 9.10. The summed E-state index contributed by atoms with van der Waals surface area (Å²) in [6, 6.07) is 4.06. The Labute approximate surface area is 135 Å². The van der Waals surface area contributed by atoms with Crippen LogP contribution in [-0.4, -0.2) is 32.5 Å². The predicted octanol–water partition coefficient (Wildman–Crippen LogP) is 3.30. The molecule has 1 saturated heterocycles. The van der Waals surface area contributed by atoms with E-state index in [1.54, 1.807) is 0 Å². The van der Waals surface area contributed by atoms with Gasteiger partial charge in [-0.3, -0.25) is 0 Å². The highest BCUT2D eigenvalue weighted by Crippen LogP contribution is 2.37. The van der Waals surface area contributed by atoms with Crippen LogP contribution < -0.4 is 15.2 Å². The van der Waals surface area contributed by atoms with Crippen molar-refractivity contribution in [2.24, 2.45) is 5.73 Å². The van der Waals surface area contributed by atoms with E-state index in [1.165, 1.54) is 6.42 Å². The fourth-order valence-electron chi connectivity index (χ4n) is 2.45. The first kappa shape index (κ1) is 16.6. The first-order chi connectivity index (χ1) is 10.2. The lowest BCUT2D eigenvalue weighted by molar-refractivity contribution is -0.0117. The number of benzene rings is 1. The Kier molecular flexibility index (Phi) is 6.80. The van der Waals surface area contributed by atoms with Gasteiger partial charge < -0.3 is 19.9 Å². The van der Waals surface area contributed by atoms with Gasteiger partial charge >= 0.3 is 0 Å². The van der Waals surface area contributed by atoms with Gasteiger partial charge in [0.1, 0.15) is 6.61 Å². The molecule has 0 amide bonds. The molecule has 0 saturated carbocycles. The van der Waals surface area contributed by atoms with E-state index in [0.717, 1.165) is 47.4 Å². The molecule has 1 aliphatic rings. The Morgan fingerprint density at radius 3 is 2.86 bits per heavy atom. The predicted molar refractivity (Wildman–Crippen MR) is 87.2 cm³/mol. The van der Waals surface area contributed by atoms with Crippen molar-refractivity contribution in [2.75, 3.05) is 26.4 Å². The summed E-state index contributed by atoms with van der Waals surface area (Å²) >= 11 is 3.58. The van der Waals surface area contributed by atoms with E-state index in [2.05, 4.69) is 15.9 Å². The molecule has 4 nitrogen and oxygen atoms in total. The Balaban J connectivity index is 2.08. The molecule has 0 aliphatic carbocycles. The molecule has 1 aromatic rings. The molecule has 0 bridgehead atoms. The quantitative estimate of drug-likeness (QED) is 0.813. The van der Waals surface area contributed by atoms with Crippen LogP contribution in [0.2, 0.25) is 0 Å². The standard InChI is InChI=1S/C16H24BrNO3/c1-2-19-15-10-12(6-7-18)9-14(17)16(15)21-11-13-5-3-4-8-20-13/h9-10,13H,2-8,11,18H2,1H3. The van der Waals surface area contributed by atoms with E-state index < -0.39 is 0 Å². The molecule has 0 spiro atoms. The number of ether oxygens (including phenoxy) is 3. The van der Waals surface area contributed by atoms with Gasteiger partial charge in [-0.2, -0.15) is 0 Å². The van der Waals surface area contributed by atoms with Gasteiger partial charge in [-0.05, 0) is 72.8 Å². The molecule has 1 aliphatic heterocycles. The molecular formula is C16H24BrNO3. The Bertz CT molecular complexity index is 447. The van der Waals surface area contributed by atoms with E-state index >= 15 is 0 Å². The van der Waals surface area contributed by atoms with Crippen molar-refractivity contribution in [1.29, 1.82) is 0 Å². The average Bonchev–Trinajstić information content (AvgIpc) is 2.48. The Morgan fingerprint density at radius 2 is 2.19 bits per heavy atom. The van der Waals surface area contributed by atoms with Gasteiger partial charge in [-0.25, -0.2) is 0 Å². The number of hydrogen-bond acceptors (Lipinski definition) is 4. The van der Waals surface area contributed by atoms with Crippen molar-refractivity contribution in [3.63, 3.8) is 0 Å². The molecule has 2 N–H and O–H groups in total. The molecule has 21 heavy (non-hydrogen) atoms. The van der Waals surface area contributed by atoms with Crippen LogP contribution in [0.25, 0.3) is 0 Å². The summed E-state index contributed by atoms with van der Waals surface area (Å²) in [7, 11) is 0. The molecule has 1 fully saturated rings. The largest absolute Gasteiger partial charge is 0.490 e. The molecule has 1 atom stereocenters. The normalized spacial score (nSPS) is 18.5. The van der Waals surface area contributed by atoms with E-state index in [4.69, 9.17) is 19.9 Å². The maximum atomic E-state index is 5.96. The van der Waals surface area contributed by atoms with Crippen LogP contribution in [0.4, 0.5) is 0 Å². The van der Waals surface area contributed by atoms with Crippen molar-refractivity contribution in [3.05, 3.63) is 22.2 Å². The second-order valence-electron chi connectivity index (χ2n) is 5.18. The molecule has 1 heterocycles. The van der Waals surface area contributed by atoms with Crippen LogP contribution in [0.5, 0.6) is 11.5 Å². The van der Waals surface area contributed by atoms with E-state index in [9.17, 15) is 0 Å². The van der Waals surface area contributed by atoms with Crippen LogP contribution in [0.15, 0.2) is 16.6 Å². The van der Waals surface area contributed by atoms with Gasteiger partial charge in [0, 0.05) is 6.61 Å². The zero-order chi connectivity index (χ0) is 15.1. The summed E-state index contributed by atoms with van der Waals surface area (Å²) in [5.74, 6) is 1.53. The van der Waals surface area contributed by atoms with Crippen LogP contribution >= 0.6 is 15.9 Å². The summed E-state index contributed by atoms with van der Waals surface area (Å²) in [5, 5.41) is 0. The minimum atomic E-state index is 0.184. The van der Waals surface area contributed by atoms with Crippen LogP contribution in [-0.2, 0) is 11.2 Å². The first-order valence-electron chi connectivity index (χ1n) is 7.64. The minimum absolute atomic E-state index is 0.184. The summed E-state index contributed by atoms with van der Waals surface area (Å²) in [6.45, 7) is 4.60. The third kappa shape index (κ3) is 4.87. The van der Waals surface area contributed by atoms with Gasteiger partial charge in [-0.15, -0.1) is 0 Å². The van der Waals surface area contributed by atoms with E-state index in [1.807, 2.05) is 19.1 Å². The van der Waals surface area contributed by atoms with Gasteiger partial charge in [0.2, 0.25) is 0 Å². The zero-order valence-corrected chi connectivity index (χ0v) is 14.2. The molecule has 0 radical (unpaired) electrons. The zero-order valence-electron chi connectivity index (χ0n) is 12.6. The number of rotatable bonds is 7. The number of halogens is 1. The molecule has 1 unspecified atom stereocenters. The van der Waals surface area contributed by atoms with Crippen molar-refractivity contribution < 1.29 is 14.2 Å². The molecule has 2 rings (SSSR count). The topological polar surface area (TPSA) is 53.7 Å². The number of hydrogen-bond donors (Lipinski definition) is 1. The molecule has 0 aromatic heterocycles. The summed E-state index contributed by atoms with van der Waals surface area (Å²) in [5.41, 5.74) is 6.77. The van der Waals surface area contributed by atoms with Crippen molar-refractivity contribution in [1.82, 2.24) is 0 Å². The highest BCUT2D eigenvalue weighted by atomic mass is 79.9. The van der Waals surface area contributed by atoms with Gasteiger partial charge in [0.15, 0.2) is 11.5 Å². The third-order valence-corrected chi connectivity index (χ3v) is 4.08. The van der Waals surface area contributed by atoms with Crippen LogP contribution in [0.1, 0.15) is 31.7 Å². The van der Waals surface area contributed by atoms with Crippen LogP contribution in [0.3, 0.4) is 0 Å². The smallest absolute Gasteiger partial charge is 0.175 e. The lowest BCUT2D eigenvalue weighted by atomic mass is 10.1. The van der Waals surface area contributed by atoms with Crippen LogP contribution in [0, 0.1) is 0 Å². The second-order valence-corrected chi connectivity index (χ2v) is 6.03. The minimum Gasteiger partial charge on any atom is -0.490 e. The monoisotopic (exact) mass is 357 g/mol. The van der Waals surface area contributed by atoms with Gasteiger partial charge in [0.25, 0.3) is 0 Å². The van der Waals surface area contributed by atoms with E-state index in [0.29, 0.717) is 19.8 Å². The summed E-state index contributed by atoms with van der Waals surface area (Å²) in [6.07, 6.45) is 4.43. The summed E-state index contributed by atoms with van der Waals surface area (Å²) in [4.78, 5) is 0. The lowest BCUT2D eigenvalue weighted by Gasteiger charge is -2.23. The second kappa shape index (κ2) is 8.61. The SMILES string of the molecule is CCOc1cc(CCN)cc(Br)c1OCC1CCCCO1. The molecule has 118 valence electrons. The molecule has 5 heteroatoms. The van der Waals surface area contributed by atoms with Crippen molar-refractivity contribution in [3.8, 4) is 11.5 Å². The van der Waals surface area contributed by atoms with E-state index in [-0.39, 0.29) is 6.10 Å². The lowest BCUT2D eigenvalue weighted by Crippen LogP contribution is -2.26. The average molecular weight is 358 g/mol. The fraction of sp³-hybridized carbons (Fsp3) is 0.625. The van der Waals surface area contributed by atoms with Gasteiger partial charge in [0.05, 0.1) is 17.2 Å². The molecule has 1 aromatic carbocycles. The molecular weight excluding hydrogens is 334 g/mol. The maximum absolute atomic E-state index is 5.96. The van der Waals surface area contributed by atoms with Crippen molar-refractivity contribution >= 4 is 15.9 Å². The fourth-order valence-corrected chi connectivity index (χ4v) is 3.05. The highest BCUT2D eigenvalue weighted by Gasteiger charge is 2.18. The maximum Gasteiger partial charge on any atom is 0.175 e. The summed E-state index contributed by atoms with van der Waals surface area (Å²) < 4.78 is 18.3. The van der Waals surface area contributed by atoms with Gasteiger partial charge in [-0.1, -0.05) is 0 Å². The van der Waals surface area contributed by atoms with Crippen molar-refractivity contribution in [2.45, 2.75) is 38.7 Å². The first-order valence-corrected chi connectivity index (χ1v) is 8.43.